The summed E-state index contributed by atoms with van der Waals surface area (Å²) in [4.78, 5) is 2.51. The first-order chi connectivity index (χ1) is 7.77. The van der Waals surface area contributed by atoms with Gasteiger partial charge in [-0.2, -0.15) is 0 Å². The lowest BCUT2D eigenvalue weighted by Gasteiger charge is -2.39. The van der Waals surface area contributed by atoms with Crippen LogP contribution in [0.15, 0.2) is 30.3 Å². The maximum absolute atomic E-state index is 3.33. The monoisotopic (exact) mass is 218 g/mol. The van der Waals surface area contributed by atoms with Crippen molar-refractivity contribution in [3.8, 4) is 0 Å². The fourth-order valence-corrected chi connectivity index (χ4v) is 2.15. The summed E-state index contributed by atoms with van der Waals surface area (Å²) in [5, 5.41) is 3.33. The zero-order chi connectivity index (χ0) is 11.4. The second-order valence-corrected chi connectivity index (χ2v) is 4.85. The Balaban J connectivity index is 1.76. The number of aryl methyl sites for hydroxylation is 1. The summed E-state index contributed by atoms with van der Waals surface area (Å²) in [5.74, 6) is 0. The van der Waals surface area contributed by atoms with Crippen molar-refractivity contribution in [2.75, 3.05) is 20.1 Å². The average molecular weight is 218 g/mol. The minimum absolute atomic E-state index is 0.673. The first-order valence-corrected chi connectivity index (χ1v) is 6.24. The average Bonchev–Trinajstić information content (AvgIpc) is 2.25. The molecule has 1 saturated heterocycles. The van der Waals surface area contributed by atoms with Gasteiger partial charge in [0, 0.05) is 25.2 Å². The highest BCUT2D eigenvalue weighted by molar-refractivity contribution is 5.14. The van der Waals surface area contributed by atoms with Crippen molar-refractivity contribution in [1.82, 2.24) is 10.2 Å². The number of nitrogens with zero attached hydrogens (tertiary/aromatic N) is 1. The Morgan fingerprint density at radius 3 is 2.56 bits per heavy atom. The third-order valence-corrected chi connectivity index (χ3v) is 3.72. The molecule has 1 atom stereocenters. The molecule has 0 aliphatic carbocycles. The topological polar surface area (TPSA) is 15.3 Å². The van der Waals surface area contributed by atoms with Crippen molar-refractivity contribution in [2.24, 2.45) is 0 Å². The Kier molecular flexibility index (Phi) is 3.97. The molecule has 1 heterocycles. The van der Waals surface area contributed by atoms with Crippen LogP contribution in [0.5, 0.6) is 0 Å². The van der Waals surface area contributed by atoms with Crippen molar-refractivity contribution in [2.45, 2.75) is 31.8 Å². The summed E-state index contributed by atoms with van der Waals surface area (Å²) in [6.07, 6.45) is 2.43. The van der Waals surface area contributed by atoms with E-state index in [-0.39, 0.29) is 0 Å². The minimum atomic E-state index is 0.673. The van der Waals surface area contributed by atoms with Gasteiger partial charge in [-0.05, 0) is 32.4 Å². The highest BCUT2D eigenvalue weighted by atomic mass is 15.2. The van der Waals surface area contributed by atoms with Gasteiger partial charge in [0.25, 0.3) is 0 Å². The van der Waals surface area contributed by atoms with E-state index in [1.807, 2.05) is 0 Å². The van der Waals surface area contributed by atoms with Gasteiger partial charge in [0.05, 0.1) is 0 Å². The number of hydrogen-bond acceptors (Lipinski definition) is 2. The number of hydrogen-bond donors (Lipinski definition) is 1. The van der Waals surface area contributed by atoms with E-state index in [4.69, 9.17) is 0 Å². The van der Waals surface area contributed by atoms with Crippen LogP contribution in [0, 0.1) is 0 Å². The minimum Gasteiger partial charge on any atom is -0.314 e. The molecular formula is C14H22N2. The highest BCUT2D eigenvalue weighted by Gasteiger charge is 2.24. The van der Waals surface area contributed by atoms with Crippen molar-refractivity contribution in [3.05, 3.63) is 35.9 Å². The van der Waals surface area contributed by atoms with E-state index >= 15 is 0 Å². The SMILES string of the molecule is CC(CCc1ccccc1)N(C)C1CNC1. The van der Waals surface area contributed by atoms with Crippen LogP contribution in [0.1, 0.15) is 18.9 Å². The van der Waals surface area contributed by atoms with E-state index in [0.717, 1.165) is 19.1 Å². The van der Waals surface area contributed by atoms with Gasteiger partial charge in [-0.3, -0.25) is 4.90 Å². The Bertz CT molecular complexity index is 306. The van der Waals surface area contributed by atoms with Crippen LogP contribution in [-0.4, -0.2) is 37.1 Å². The molecule has 1 unspecified atom stereocenters. The number of nitrogens with one attached hydrogen (secondary N) is 1. The van der Waals surface area contributed by atoms with Crippen LogP contribution < -0.4 is 5.32 Å². The predicted octanol–water partition coefficient (Wildman–Crippen LogP) is 1.91. The molecule has 1 aromatic rings. The van der Waals surface area contributed by atoms with Gasteiger partial charge in [0.2, 0.25) is 0 Å². The van der Waals surface area contributed by atoms with Crippen molar-refractivity contribution < 1.29 is 0 Å². The fourth-order valence-electron chi connectivity index (χ4n) is 2.15. The quantitative estimate of drug-likeness (QED) is 0.812. The van der Waals surface area contributed by atoms with E-state index in [9.17, 15) is 0 Å². The molecule has 2 heteroatoms. The van der Waals surface area contributed by atoms with Gasteiger partial charge in [0.1, 0.15) is 0 Å². The molecule has 1 aliphatic rings. The third kappa shape index (κ3) is 2.83. The van der Waals surface area contributed by atoms with Crippen LogP contribution in [0.2, 0.25) is 0 Å². The second-order valence-electron chi connectivity index (χ2n) is 4.85. The molecule has 0 spiro atoms. The van der Waals surface area contributed by atoms with Crippen LogP contribution in [-0.2, 0) is 6.42 Å². The Labute approximate surface area is 98.7 Å². The van der Waals surface area contributed by atoms with Crippen LogP contribution in [0.25, 0.3) is 0 Å². The lowest BCUT2D eigenvalue weighted by Crippen LogP contribution is -2.58. The standard InChI is InChI=1S/C14H22N2/c1-12(16(2)14-10-15-11-14)8-9-13-6-4-3-5-7-13/h3-7,12,14-15H,8-11H2,1-2H3. The Hall–Kier alpha value is -0.860. The molecule has 0 radical (unpaired) electrons. The molecule has 16 heavy (non-hydrogen) atoms. The van der Waals surface area contributed by atoms with E-state index < -0.39 is 0 Å². The van der Waals surface area contributed by atoms with Crippen LogP contribution in [0.4, 0.5) is 0 Å². The number of benzene rings is 1. The summed E-state index contributed by atoms with van der Waals surface area (Å²) < 4.78 is 0. The molecule has 2 nitrogen and oxygen atoms in total. The number of rotatable bonds is 5. The Morgan fingerprint density at radius 2 is 2.00 bits per heavy atom. The normalized spacial score (nSPS) is 18.4. The van der Waals surface area contributed by atoms with Gasteiger partial charge >= 0.3 is 0 Å². The molecular weight excluding hydrogens is 196 g/mol. The summed E-state index contributed by atoms with van der Waals surface area (Å²) in [6, 6.07) is 12.2. The second kappa shape index (κ2) is 5.46. The molecule has 1 N–H and O–H groups in total. The van der Waals surface area contributed by atoms with E-state index in [0.29, 0.717) is 6.04 Å². The maximum atomic E-state index is 3.33. The Morgan fingerprint density at radius 1 is 1.31 bits per heavy atom. The summed E-state index contributed by atoms with van der Waals surface area (Å²) >= 11 is 0. The van der Waals surface area contributed by atoms with Gasteiger partial charge in [-0.25, -0.2) is 0 Å². The highest BCUT2D eigenvalue weighted by Crippen LogP contribution is 2.12. The molecule has 2 rings (SSSR count). The fraction of sp³-hybridized carbons (Fsp3) is 0.571. The predicted molar refractivity (Wildman–Crippen MR) is 68.6 cm³/mol. The van der Waals surface area contributed by atoms with Gasteiger partial charge < -0.3 is 5.32 Å². The van der Waals surface area contributed by atoms with Gasteiger partial charge in [-0.15, -0.1) is 0 Å². The first-order valence-electron chi connectivity index (χ1n) is 6.24. The maximum Gasteiger partial charge on any atom is 0.0345 e. The molecule has 1 aliphatic heterocycles. The molecule has 1 fully saturated rings. The number of likely N-dealkylation sites (N-methyl/N-ethyl adjacent to an activating group) is 1. The molecule has 0 bridgehead atoms. The zero-order valence-electron chi connectivity index (χ0n) is 10.3. The molecule has 88 valence electrons. The first kappa shape index (κ1) is 11.6. The lowest BCUT2D eigenvalue weighted by molar-refractivity contribution is 0.131. The van der Waals surface area contributed by atoms with Crippen LogP contribution >= 0.6 is 0 Å². The van der Waals surface area contributed by atoms with E-state index in [1.165, 1.54) is 18.4 Å². The van der Waals surface area contributed by atoms with Gasteiger partial charge in [0.15, 0.2) is 0 Å². The molecule has 1 aromatic carbocycles. The van der Waals surface area contributed by atoms with E-state index in [2.05, 4.69) is 54.5 Å². The third-order valence-electron chi connectivity index (χ3n) is 3.72. The van der Waals surface area contributed by atoms with Crippen molar-refractivity contribution in [3.63, 3.8) is 0 Å². The van der Waals surface area contributed by atoms with Crippen molar-refractivity contribution in [1.29, 1.82) is 0 Å². The molecule has 0 saturated carbocycles. The van der Waals surface area contributed by atoms with Gasteiger partial charge in [-0.1, -0.05) is 30.3 Å². The van der Waals surface area contributed by atoms with E-state index in [1.54, 1.807) is 0 Å². The molecule has 0 amide bonds. The zero-order valence-corrected chi connectivity index (χ0v) is 10.3. The smallest absolute Gasteiger partial charge is 0.0345 e. The van der Waals surface area contributed by atoms with Crippen LogP contribution in [0.3, 0.4) is 0 Å². The lowest BCUT2D eigenvalue weighted by atomic mass is 10.0. The summed E-state index contributed by atoms with van der Waals surface area (Å²) in [6.45, 7) is 4.65. The van der Waals surface area contributed by atoms with Crippen molar-refractivity contribution >= 4 is 0 Å². The summed E-state index contributed by atoms with van der Waals surface area (Å²) in [5.41, 5.74) is 1.45. The summed E-state index contributed by atoms with van der Waals surface area (Å²) in [7, 11) is 2.25. The largest absolute Gasteiger partial charge is 0.314 e. The molecule has 0 aromatic heterocycles.